The van der Waals surface area contributed by atoms with Crippen LogP contribution in [0.4, 0.5) is 0 Å². The van der Waals surface area contributed by atoms with Gasteiger partial charge in [0.25, 0.3) is 0 Å². The Hall–Kier alpha value is -0.380. The van der Waals surface area contributed by atoms with E-state index in [1.54, 1.807) is 0 Å². The zero-order valence-corrected chi connectivity index (χ0v) is 10.1. The van der Waals surface area contributed by atoms with Crippen LogP contribution in [0.15, 0.2) is 17.5 Å². The van der Waals surface area contributed by atoms with Crippen LogP contribution in [0.2, 0.25) is 0 Å². The third kappa shape index (κ3) is 3.78. The number of nitrogens with zero attached hydrogens (tertiary/aromatic N) is 1. The third-order valence-electron chi connectivity index (χ3n) is 2.19. The molecule has 1 aromatic rings. The molecular weight excluding hydrogens is 192 g/mol. The molecule has 80 valence electrons. The standard InChI is InChI=1S/C11H20N2S/c1-9(2)13(7-10(3)12)8-11-5-4-6-14-11/h4-6,9-10H,7-8,12H2,1-3H3. The van der Waals surface area contributed by atoms with E-state index in [0.717, 1.165) is 13.1 Å². The Bertz CT molecular complexity index is 242. The van der Waals surface area contributed by atoms with Crippen molar-refractivity contribution >= 4 is 11.3 Å². The summed E-state index contributed by atoms with van der Waals surface area (Å²) in [4.78, 5) is 3.83. The van der Waals surface area contributed by atoms with Crippen LogP contribution >= 0.6 is 11.3 Å². The quantitative estimate of drug-likeness (QED) is 0.811. The molecule has 0 aliphatic heterocycles. The minimum atomic E-state index is 0.248. The summed E-state index contributed by atoms with van der Waals surface area (Å²) in [6.45, 7) is 8.49. The van der Waals surface area contributed by atoms with Gasteiger partial charge in [-0.05, 0) is 32.2 Å². The Labute approximate surface area is 90.7 Å². The summed E-state index contributed by atoms with van der Waals surface area (Å²) in [6, 6.07) is 5.09. The average molecular weight is 212 g/mol. The van der Waals surface area contributed by atoms with E-state index in [-0.39, 0.29) is 6.04 Å². The minimum Gasteiger partial charge on any atom is -0.327 e. The molecule has 2 N–H and O–H groups in total. The smallest absolute Gasteiger partial charge is 0.0331 e. The van der Waals surface area contributed by atoms with Gasteiger partial charge in [-0.3, -0.25) is 4.90 Å². The molecule has 1 heterocycles. The van der Waals surface area contributed by atoms with Gasteiger partial charge in [0.15, 0.2) is 0 Å². The molecule has 1 unspecified atom stereocenters. The summed E-state index contributed by atoms with van der Waals surface area (Å²) in [6.07, 6.45) is 0. The second-order valence-corrected chi connectivity index (χ2v) is 5.11. The Balaban J connectivity index is 2.51. The third-order valence-corrected chi connectivity index (χ3v) is 3.05. The molecule has 0 saturated heterocycles. The summed E-state index contributed by atoms with van der Waals surface area (Å²) in [5, 5.41) is 2.12. The van der Waals surface area contributed by atoms with Crippen molar-refractivity contribution in [1.82, 2.24) is 4.90 Å². The van der Waals surface area contributed by atoms with Crippen molar-refractivity contribution < 1.29 is 0 Å². The predicted molar refractivity (Wildman–Crippen MR) is 63.5 cm³/mol. The largest absolute Gasteiger partial charge is 0.327 e. The number of hydrogen-bond donors (Lipinski definition) is 1. The first-order chi connectivity index (χ1) is 6.59. The monoisotopic (exact) mass is 212 g/mol. The maximum atomic E-state index is 5.82. The van der Waals surface area contributed by atoms with Crippen molar-refractivity contribution in [3.05, 3.63) is 22.4 Å². The molecule has 0 aromatic carbocycles. The molecular formula is C11H20N2S. The minimum absolute atomic E-state index is 0.248. The SMILES string of the molecule is CC(N)CN(Cc1cccs1)C(C)C. The Morgan fingerprint density at radius 3 is 2.57 bits per heavy atom. The highest BCUT2D eigenvalue weighted by atomic mass is 32.1. The van der Waals surface area contributed by atoms with Gasteiger partial charge >= 0.3 is 0 Å². The van der Waals surface area contributed by atoms with E-state index in [4.69, 9.17) is 5.73 Å². The van der Waals surface area contributed by atoms with Crippen LogP contribution in [0.25, 0.3) is 0 Å². The first-order valence-electron chi connectivity index (χ1n) is 5.11. The topological polar surface area (TPSA) is 29.3 Å². The lowest BCUT2D eigenvalue weighted by Gasteiger charge is -2.27. The zero-order valence-electron chi connectivity index (χ0n) is 9.23. The van der Waals surface area contributed by atoms with Crippen LogP contribution in [0, 0.1) is 0 Å². The van der Waals surface area contributed by atoms with Crippen molar-refractivity contribution in [2.24, 2.45) is 5.73 Å². The van der Waals surface area contributed by atoms with Crippen molar-refractivity contribution in [3.8, 4) is 0 Å². The fraction of sp³-hybridized carbons (Fsp3) is 0.636. The molecule has 1 rings (SSSR count). The van der Waals surface area contributed by atoms with E-state index in [0.29, 0.717) is 6.04 Å². The van der Waals surface area contributed by atoms with E-state index < -0.39 is 0 Å². The predicted octanol–water partition coefficient (Wildman–Crippen LogP) is 2.31. The molecule has 0 aliphatic carbocycles. The van der Waals surface area contributed by atoms with E-state index in [2.05, 4.69) is 43.2 Å². The molecule has 1 aromatic heterocycles. The average Bonchev–Trinajstić information content (AvgIpc) is 2.54. The summed E-state index contributed by atoms with van der Waals surface area (Å²) >= 11 is 1.81. The first-order valence-corrected chi connectivity index (χ1v) is 5.99. The number of thiophene rings is 1. The molecule has 2 nitrogen and oxygen atoms in total. The van der Waals surface area contributed by atoms with Gasteiger partial charge in [0.05, 0.1) is 0 Å². The summed E-state index contributed by atoms with van der Waals surface area (Å²) in [5.74, 6) is 0. The zero-order chi connectivity index (χ0) is 10.6. The molecule has 0 spiro atoms. The van der Waals surface area contributed by atoms with E-state index in [1.165, 1.54) is 4.88 Å². The molecule has 0 aliphatic rings. The van der Waals surface area contributed by atoms with Gasteiger partial charge in [0.1, 0.15) is 0 Å². The highest BCUT2D eigenvalue weighted by Crippen LogP contribution is 2.13. The van der Waals surface area contributed by atoms with Crippen LogP contribution in [0.1, 0.15) is 25.6 Å². The van der Waals surface area contributed by atoms with Crippen LogP contribution < -0.4 is 5.73 Å². The number of rotatable bonds is 5. The Kier molecular flexibility index (Phi) is 4.58. The molecule has 0 fully saturated rings. The molecule has 0 bridgehead atoms. The van der Waals surface area contributed by atoms with Crippen molar-refractivity contribution in [3.63, 3.8) is 0 Å². The van der Waals surface area contributed by atoms with Crippen LogP contribution in [0.3, 0.4) is 0 Å². The van der Waals surface area contributed by atoms with Gasteiger partial charge in [-0.15, -0.1) is 11.3 Å². The van der Waals surface area contributed by atoms with E-state index >= 15 is 0 Å². The van der Waals surface area contributed by atoms with Gasteiger partial charge in [-0.25, -0.2) is 0 Å². The van der Waals surface area contributed by atoms with Gasteiger partial charge in [0, 0.05) is 30.1 Å². The summed E-state index contributed by atoms with van der Waals surface area (Å²) in [5.41, 5.74) is 5.82. The molecule has 1 atom stereocenters. The number of nitrogens with two attached hydrogens (primary N) is 1. The van der Waals surface area contributed by atoms with Crippen molar-refractivity contribution in [2.45, 2.75) is 39.4 Å². The fourth-order valence-corrected chi connectivity index (χ4v) is 2.16. The van der Waals surface area contributed by atoms with Gasteiger partial charge in [0.2, 0.25) is 0 Å². The molecule has 14 heavy (non-hydrogen) atoms. The highest BCUT2D eigenvalue weighted by molar-refractivity contribution is 7.09. The van der Waals surface area contributed by atoms with Gasteiger partial charge < -0.3 is 5.73 Å². The summed E-state index contributed by atoms with van der Waals surface area (Å²) in [7, 11) is 0. The van der Waals surface area contributed by atoms with Crippen molar-refractivity contribution in [2.75, 3.05) is 6.54 Å². The Morgan fingerprint density at radius 1 is 1.43 bits per heavy atom. The van der Waals surface area contributed by atoms with Crippen LogP contribution in [-0.2, 0) is 6.54 Å². The van der Waals surface area contributed by atoms with Gasteiger partial charge in [-0.2, -0.15) is 0 Å². The fourth-order valence-electron chi connectivity index (χ4n) is 1.43. The van der Waals surface area contributed by atoms with Gasteiger partial charge in [-0.1, -0.05) is 6.07 Å². The highest BCUT2D eigenvalue weighted by Gasteiger charge is 2.11. The lowest BCUT2D eigenvalue weighted by Crippen LogP contribution is -2.39. The molecule has 3 heteroatoms. The van der Waals surface area contributed by atoms with E-state index in [1.807, 2.05) is 11.3 Å². The Morgan fingerprint density at radius 2 is 2.14 bits per heavy atom. The van der Waals surface area contributed by atoms with Crippen molar-refractivity contribution in [1.29, 1.82) is 0 Å². The summed E-state index contributed by atoms with van der Waals surface area (Å²) < 4.78 is 0. The maximum absolute atomic E-state index is 5.82. The van der Waals surface area contributed by atoms with Crippen LogP contribution in [-0.4, -0.2) is 23.5 Å². The number of hydrogen-bond acceptors (Lipinski definition) is 3. The first kappa shape index (κ1) is 11.7. The maximum Gasteiger partial charge on any atom is 0.0331 e. The molecule has 0 radical (unpaired) electrons. The molecule has 0 amide bonds. The van der Waals surface area contributed by atoms with E-state index in [9.17, 15) is 0 Å². The normalized spacial score (nSPS) is 13.9. The second-order valence-electron chi connectivity index (χ2n) is 4.08. The molecule has 0 saturated carbocycles. The lowest BCUT2D eigenvalue weighted by molar-refractivity contribution is 0.205. The van der Waals surface area contributed by atoms with Crippen LogP contribution in [0.5, 0.6) is 0 Å². The lowest BCUT2D eigenvalue weighted by atomic mass is 10.2. The second kappa shape index (κ2) is 5.49.